The summed E-state index contributed by atoms with van der Waals surface area (Å²) in [6.07, 6.45) is -4.59. The third kappa shape index (κ3) is 3.18. The molecule has 0 fully saturated rings. The highest BCUT2D eigenvalue weighted by Crippen LogP contribution is 2.34. The summed E-state index contributed by atoms with van der Waals surface area (Å²) in [5, 5.41) is 0.306. The number of aromatic nitrogens is 1. The summed E-state index contributed by atoms with van der Waals surface area (Å²) in [4.78, 5) is 13.9. The highest BCUT2D eigenvalue weighted by atomic mass is 19.4. The van der Waals surface area contributed by atoms with Crippen LogP contribution in [0.4, 0.5) is 18.9 Å². The van der Waals surface area contributed by atoms with Gasteiger partial charge in [-0.15, -0.1) is 0 Å². The quantitative estimate of drug-likeness (QED) is 0.887. The number of carbonyl (C=O) groups excluding carboxylic acids is 1. The van der Waals surface area contributed by atoms with Crippen LogP contribution < -0.4 is 5.73 Å². The molecular weight excluding hydrogens is 283 g/mol. The molecule has 2 rings (SSSR count). The van der Waals surface area contributed by atoms with E-state index >= 15 is 0 Å². The van der Waals surface area contributed by atoms with Crippen molar-refractivity contribution < 1.29 is 18.0 Å². The fourth-order valence-corrected chi connectivity index (χ4v) is 2.14. The molecule has 0 radical (unpaired) electrons. The Morgan fingerprint density at radius 3 is 2.52 bits per heavy atom. The zero-order chi connectivity index (χ0) is 15.8. The average molecular weight is 299 g/mol. The van der Waals surface area contributed by atoms with Crippen LogP contribution in [-0.2, 0) is 6.18 Å². The first-order chi connectivity index (χ1) is 9.70. The maximum atomic E-state index is 13.1. The van der Waals surface area contributed by atoms with Crippen LogP contribution in [0.25, 0.3) is 10.9 Å². The second-order valence-electron chi connectivity index (χ2n) is 5.13. The Bertz CT molecular complexity index is 674. The smallest absolute Gasteiger partial charge is 0.399 e. The number of halogens is 3. The number of carbonyl (C=O) groups is 1. The Morgan fingerprint density at radius 2 is 1.95 bits per heavy atom. The van der Waals surface area contributed by atoms with E-state index in [-0.39, 0.29) is 11.9 Å². The van der Waals surface area contributed by atoms with E-state index in [1.165, 1.54) is 18.2 Å². The van der Waals surface area contributed by atoms with Gasteiger partial charge < -0.3 is 10.6 Å². The lowest BCUT2D eigenvalue weighted by atomic mass is 10.2. The Kier molecular flexibility index (Phi) is 3.95. The van der Waals surface area contributed by atoms with Gasteiger partial charge in [-0.25, -0.2) is 0 Å². The van der Waals surface area contributed by atoms with Crippen molar-refractivity contribution in [2.45, 2.75) is 12.6 Å². The molecule has 4 nitrogen and oxygen atoms in total. The highest BCUT2D eigenvalue weighted by Gasteiger charge is 2.37. The molecule has 0 bridgehead atoms. The number of nitrogens with two attached hydrogens (primary N) is 1. The van der Waals surface area contributed by atoms with Gasteiger partial charge in [0.2, 0.25) is 5.91 Å². The van der Waals surface area contributed by atoms with E-state index < -0.39 is 17.8 Å². The first-order valence-electron chi connectivity index (χ1n) is 6.36. The molecule has 1 aromatic heterocycles. The van der Waals surface area contributed by atoms with Crippen LogP contribution in [-0.4, -0.2) is 36.0 Å². The minimum absolute atomic E-state index is 0.00420. The summed E-state index contributed by atoms with van der Waals surface area (Å²) < 4.78 is 40.1. The third-order valence-electron chi connectivity index (χ3n) is 3.14. The SMILES string of the molecule is CN(C)CCC(=O)n1c(C(F)(F)F)cc2cc(N)ccc21. The lowest BCUT2D eigenvalue weighted by Crippen LogP contribution is -2.24. The maximum absolute atomic E-state index is 13.1. The van der Waals surface area contributed by atoms with Crippen molar-refractivity contribution in [2.75, 3.05) is 26.4 Å². The Hall–Kier alpha value is -2.02. The molecule has 0 spiro atoms. The zero-order valence-electron chi connectivity index (χ0n) is 11.7. The van der Waals surface area contributed by atoms with Gasteiger partial charge in [0.1, 0.15) is 5.69 Å². The van der Waals surface area contributed by atoms with Gasteiger partial charge in [-0.2, -0.15) is 13.2 Å². The van der Waals surface area contributed by atoms with Crippen LogP contribution >= 0.6 is 0 Å². The molecule has 114 valence electrons. The van der Waals surface area contributed by atoms with Crippen LogP contribution in [0.3, 0.4) is 0 Å². The van der Waals surface area contributed by atoms with E-state index in [1.54, 1.807) is 19.0 Å². The number of benzene rings is 1. The van der Waals surface area contributed by atoms with E-state index in [4.69, 9.17) is 5.73 Å². The van der Waals surface area contributed by atoms with Crippen LogP contribution in [0.15, 0.2) is 24.3 Å². The van der Waals surface area contributed by atoms with Gasteiger partial charge in [-0.1, -0.05) is 0 Å². The fourth-order valence-electron chi connectivity index (χ4n) is 2.14. The van der Waals surface area contributed by atoms with Crippen molar-refractivity contribution in [1.82, 2.24) is 9.47 Å². The molecule has 0 unspecified atom stereocenters. The van der Waals surface area contributed by atoms with Gasteiger partial charge in [0.25, 0.3) is 0 Å². The van der Waals surface area contributed by atoms with Crippen molar-refractivity contribution in [2.24, 2.45) is 0 Å². The minimum atomic E-state index is -4.60. The summed E-state index contributed by atoms with van der Waals surface area (Å²) in [6, 6.07) is 5.31. The maximum Gasteiger partial charge on any atom is 0.431 e. The normalized spacial score (nSPS) is 12.3. The summed E-state index contributed by atoms with van der Waals surface area (Å²) in [6.45, 7) is 0.380. The topological polar surface area (TPSA) is 51.3 Å². The molecule has 2 N–H and O–H groups in total. The monoisotopic (exact) mass is 299 g/mol. The number of hydrogen-bond acceptors (Lipinski definition) is 3. The Labute approximate surface area is 119 Å². The fraction of sp³-hybridized carbons (Fsp3) is 0.357. The third-order valence-corrected chi connectivity index (χ3v) is 3.14. The van der Waals surface area contributed by atoms with Gasteiger partial charge in [0.05, 0.1) is 5.52 Å². The van der Waals surface area contributed by atoms with Crippen molar-refractivity contribution in [3.05, 3.63) is 30.0 Å². The predicted molar refractivity (Wildman–Crippen MR) is 75.1 cm³/mol. The standard InChI is InChI=1S/C14H16F3N3O/c1-19(2)6-5-13(21)20-11-4-3-10(18)7-9(11)8-12(20)14(15,16)17/h3-4,7-8H,5-6,18H2,1-2H3. The molecule has 7 heteroatoms. The number of nitrogen functional groups attached to an aromatic ring is 1. The van der Waals surface area contributed by atoms with Crippen LogP contribution in [0.1, 0.15) is 16.9 Å². The van der Waals surface area contributed by atoms with Crippen LogP contribution in [0.5, 0.6) is 0 Å². The molecule has 0 saturated carbocycles. The van der Waals surface area contributed by atoms with Gasteiger partial charge in [-0.05, 0) is 38.4 Å². The van der Waals surface area contributed by atoms with Gasteiger partial charge >= 0.3 is 6.18 Å². The molecule has 1 aromatic carbocycles. The molecular formula is C14H16F3N3O. The van der Waals surface area contributed by atoms with Crippen LogP contribution in [0, 0.1) is 0 Å². The molecule has 0 atom stereocenters. The second-order valence-corrected chi connectivity index (χ2v) is 5.13. The lowest BCUT2D eigenvalue weighted by Gasteiger charge is -2.13. The predicted octanol–water partition coefficient (Wildman–Crippen LogP) is 2.83. The molecule has 0 saturated heterocycles. The number of nitrogens with zero attached hydrogens (tertiary/aromatic N) is 2. The van der Waals surface area contributed by atoms with Crippen molar-refractivity contribution in [1.29, 1.82) is 0 Å². The summed E-state index contributed by atoms with van der Waals surface area (Å²) in [5.41, 5.74) is 5.20. The Balaban J connectivity index is 2.55. The summed E-state index contributed by atoms with van der Waals surface area (Å²) in [7, 11) is 3.51. The highest BCUT2D eigenvalue weighted by molar-refractivity contribution is 5.95. The summed E-state index contributed by atoms with van der Waals surface area (Å²) >= 11 is 0. The number of fused-ring (bicyclic) bond motifs is 1. The largest absolute Gasteiger partial charge is 0.431 e. The van der Waals surface area contributed by atoms with E-state index in [2.05, 4.69) is 0 Å². The van der Waals surface area contributed by atoms with E-state index in [1.807, 2.05) is 0 Å². The minimum Gasteiger partial charge on any atom is -0.399 e. The van der Waals surface area contributed by atoms with Crippen molar-refractivity contribution in [3.8, 4) is 0 Å². The molecule has 2 aromatic rings. The Morgan fingerprint density at radius 1 is 1.29 bits per heavy atom. The van der Waals surface area contributed by atoms with Crippen molar-refractivity contribution >= 4 is 22.5 Å². The number of hydrogen-bond donors (Lipinski definition) is 1. The first kappa shape index (κ1) is 15.4. The number of anilines is 1. The molecule has 0 amide bonds. The second kappa shape index (κ2) is 5.40. The molecule has 1 heterocycles. The first-order valence-corrected chi connectivity index (χ1v) is 6.36. The zero-order valence-corrected chi connectivity index (χ0v) is 11.7. The van der Waals surface area contributed by atoms with E-state index in [0.29, 0.717) is 17.6 Å². The van der Waals surface area contributed by atoms with Gasteiger partial charge in [0, 0.05) is 24.0 Å². The van der Waals surface area contributed by atoms with Gasteiger partial charge in [0.15, 0.2) is 0 Å². The molecule has 0 aliphatic rings. The molecule has 21 heavy (non-hydrogen) atoms. The number of alkyl halides is 3. The molecule has 0 aliphatic carbocycles. The van der Waals surface area contributed by atoms with E-state index in [0.717, 1.165) is 10.6 Å². The summed E-state index contributed by atoms with van der Waals surface area (Å²) in [5.74, 6) is -0.587. The number of rotatable bonds is 3. The molecule has 0 aliphatic heterocycles. The van der Waals surface area contributed by atoms with Gasteiger partial charge in [-0.3, -0.25) is 9.36 Å². The van der Waals surface area contributed by atoms with E-state index in [9.17, 15) is 18.0 Å². The lowest BCUT2D eigenvalue weighted by molar-refractivity contribution is -0.142. The van der Waals surface area contributed by atoms with Crippen LogP contribution in [0.2, 0.25) is 0 Å². The van der Waals surface area contributed by atoms with Crippen molar-refractivity contribution in [3.63, 3.8) is 0 Å². The average Bonchev–Trinajstić information content (AvgIpc) is 2.74.